The maximum absolute atomic E-state index is 5.25. The molecule has 1 N–H and O–H groups in total. The van der Waals surface area contributed by atoms with Crippen LogP contribution in [0.1, 0.15) is 12.5 Å². The molecule has 0 saturated carbocycles. The molecule has 0 bridgehead atoms. The summed E-state index contributed by atoms with van der Waals surface area (Å²) in [5.41, 5.74) is 1.65. The summed E-state index contributed by atoms with van der Waals surface area (Å²) in [6, 6.07) is 8.58. The fourth-order valence-electron chi connectivity index (χ4n) is 2.30. The van der Waals surface area contributed by atoms with Gasteiger partial charge >= 0.3 is 0 Å². The lowest BCUT2D eigenvalue weighted by atomic mass is 9.89. The molecule has 1 aliphatic rings. The Morgan fingerprint density at radius 1 is 1.28 bits per heavy atom. The summed E-state index contributed by atoms with van der Waals surface area (Å²) in [5.74, 6) is 0. The molecule has 1 aromatic heterocycles. The van der Waals surface area contributed by atoms with E-state index in [2.05, 4.69) is 41.5 Å². The van der Waals surface area contributed by atoms with Crippen LogP contribution < -0.4 is 5.32 Å². The molecule has 0 amide bonds. The smallest absolute Gasteiger partial charge is 0.0554 e. The monoisotopic (exact) mass is 242 g/mol. The lowest BCUT2D eigenvalue weighted by Crippen LogP contribution is -2.47. The molecule has 0 spiro atoms. The Kier molecular flexibility index (Phi) is 3.02. The van der Waals surface area contributed by atoms with Crippen molar-refractivity contribution >= 4 is 10.8 Å². The number of rotatable bonds is 4. The summed E-state index contributed by atoms with van der Waals surface area (Å²) in [5, 5.41) is 5.96. The fraction of sp³-hybridized carbons (Fsp3) is 0.400. The second-order valence-electron chi connectivity index (χ2n) is 5.46. The highest BCUT2D eigenvalue weighted by molar-refractivity contribution is 5.81. The van der Waals surface area contributed by atoms with Crippen LogP contribution in [0.5, 0.6) is 0 Å². The number of ether oxygens (including phenoxy) is 1. The standard InChI is InChI=1S/C15H18N2O/c1-15(10-18-11-15)9-17-7-12-2-3-14-8-16-5-4-13(14)6-12/h2-6,8,17H,7,9-11H2,1H3. The molecule has 18 heavy (non-hydrogen) atoms. The van der Waals surface area contributed by atoms with Gasteiger partial charge in [-0.25, -0.2) is 0 Å². The molecule has 0 aliphatic carbocycles. The summed E-state index contributed by atoms with van der Waals surface area (Å²) in [6.07, 6.45) is 3.74. The van der Waals surface area contributed by atoms with Gasteiger partial charge in [0.25, 0.3) is 0 Å². The van der Waals surface area contributed by atoms with Gasteiger partial charge in [0.1, 0.15) is 0 Å². The second-order valence-corrected chi connectivity index (χ2v) is 5.46. The molecule has 2 heterocycles. The Balaban J connectivity index is 1.64. The highest BCUT2D eigenvalue weighted by atomic mass is 16.5. The normalized spacial score (nSPS) is 17.6. The third-order valence-electron chi connectivity index (χ3n) is 3.49. The van der Waals surface area contributed by atoms with Gasteiger partial charge in [-0.2, -0.15) is 0 Å². The van der Waals surface area contributed by atoms with Crippen LogP contribution in [0.4, 0.5) is 0 Å². The maximum Gasteiger partial charge on any atom is 0.0554 e. The van der Waals surface area contributed by atoms with Crippen molar-refractivity contribution in [2.45, 2.75) is 13.5 Å². The maximum atomic E-state index is 5.25. The summed E-state index contributed by atoms with van der Waals surface area (Å²) in [4.78, 5) is 4.13. The number of benzene rings is 1. The third-order valence-corrected chi connectivity index (χ3v) is 3.49. The quantitative estimate of drug-likeness (QED) is 0.893. The molecule has 1 aliphatic heterocycles. The zero-order chi connectivity index (χ0) is 12.4. The van der Waals surface area contributed by atoms with Gasteiger partial charge in [0, 0.05) is 36.3 Å². The number of aromatic nitrogens is 1. The number of nitrogens with zero attached hydrogens (tertiary/aromatic N) is 1. The molecule has 1 fully saturated rings. The molecule has 1 aromatic carbocycles. The Labute approximate surface area is 107 Å². The minimum absolute atomic E-state index is 0.334. The van der Waals surface area contributed by atoms with Gasteiger partial charge in [-0.1, -0.05) is 19.1 Å². The molecule has 3 nitrogen and oxygen atoms in total. The number of nitrogens with one attached hydrogen (secondary N) is 1. The first-order valence-corrected chi connectivity index (χ1v) is 6.36. The summed E-state index contributed by atoms with van der Waals surface area (Å²) in [7, 11) is 0. The van der Waals surface area contributed by atoms with E-state index in [0.717, 1.165) is 26.3 Å². The van der Waals surface area contributed by atoms with E-state index >= 15 is 0 Å². The minimum atomic E-state index is 0.334. The molecule has 0 unspecified atom stereocenters. The van der Waals surface area contributed by atoms with Gasteiger partial charge in [-0.15, -0.1) is 0 Å². The van der Waals surface area contributed by atoms with Crippen LogP contribution in [0.25, 0.3) is 10.8 Å². The third kappa shape index (κ3) is 2.37. The number of pyridine rings is 1. The van der Waals surface area contributed by atoms with Gasteiger partial charge in [0.15, 0.2) is 0 Å². The highest BCUT2D eigenvalue weighted by Crippen LogP contribution is 2.25. The lowest BCUT2D eigenvalue weighted by molar-refractivity contribution is -0.0991. The van der Waals surface area contributed by atoms with Crippen molar-refractivity contribution in [1.82, 2.24) is 10.3 Å². The van der Waals surface area contributed by atoms with E-state index in [4.69, 9.17) is 4.74 Å². The number of hydrogen-bond acceptors (Lipinski definition) is 3. The minimum Gasteiger partial charge on any atom is -0.380 e. The first-order valence-electron chi connectivity index (χ1n) is 6.36. The molecular formula is C15H18N2O. The Morgan fingerprint density at radius 2 is 2.17 bits per heavy atom. The largest absolute Gasteiger partial charge is 0.380 e. The second kappa shape index (κ2) is 4.67. The van der Waals surface area contributed by atoms with E-state index in [0.29, 0.717) is 5.41 Å². The summed E-state index contributed by atoms with van der Waals surface area (Å²) < 4.78 is 5.25. The Morgan fingerprint density at radius 3 is 2.94 bits per heavy atom. The molecule has 0 radical (unpaired) electrons. The molecule has 2 aromatic rings. The van der Waals surface area contributed by atoms with Crippen molar-refractivity contribution in [3.63, 3.8) is 0 Å². The topological polar surface area (TPSA) is 34.2 Å². The van der Waals surface area contributed by atoms with Crippen molar-refractivity contribution in [2.75, 3.05) is 19.8 Å². The molecule has 0 atom stereocenters. The van der Waals surface area contributed by atoms with E-state index < -0.39 is 0 Å². The average Bonchev–Trinajstić information content (AvgIpc) is 2.37. The van der Waals surface area contributed by atoms with Crippen molar-refractivity contribution < 1.29 is 4.74 Å². The molecule has 94 valence electrons. The SMILES string of the molecule is CC1(CNCc2ccc3cnccc3c2)COC1. The Bertz CT molecular complexity index is 549. The van der Waals surface area contributed by atoms with Gasteiger partial charge in [-0.05, 0) is 23.1 Å². The molecule has 3 heteroatoms. The van der Waals surface area contributed by atoms with Crippen LogP contribution in [0.3, 0.4) is 0 Å². The summed E-state index contributed by atoms with van der Waals surface area (Å²) >= 11 is 0. The van der Waals surface area contributed by atoms with Crippen molar-refractivity contribution in [2.24, 2.45) is 5.41 Å². The summed E-state index contributed by atoms with van der Waals surface area (Å²) in [6.45, 7) is 5.94. The molecule has 3 rings (SSSR count). The van der Waals surface area contributed by atoms with Gasteiger partial charge in [0.05, 0.1) is 13.2 Å². The van der Waals surface area contributed by atoms with E-state index in [1.54, 1.807) is 0 Å². The first-order chi connectivity index (χ1) is 8.75. The Hall–Kier alpha value is -1.45. The average molecular weight is 242 g/mol. The van der Waals surface area contributed by atoms with E-state index in [9.17, 15) is 0 Å². The lowest BCUT2D eigenvalue weighted by Gasteiger charge is -2.38. The van der Waals surface area contributed by atoms with Crippen LogP contribution in [0.2, 0.25) is 0 Å². The van der Waals surface area contributed by atoms with E-state index in [-0.39, 0.29) is 0 Å². The van der Waals surface area contributed by atoms with Crippen LogP contribution >= 0.6 is 0 Å². The van der Waals surface area contributed by atoms with Crippen molar-refractivity contribution in [3.05, 3.63) is 42.2 Å². The van der Waals surface area contributed by atoms with Gasteiger partial charge in [0.2, 0.25) is 0 Å². The predicted octanol–water partition coefficient (Wildman–Crippen LogP) is 2.36. The van der Waals surface area contributed by atoms with E-state index in [1.165, 1.54) is 16.3 Å². The predicted molar refractivity (Wildman–Crippen MR) is 72.4 cm³/mol. The number of hydrogen-bond donors (Lipinski definition) is 1. The first kappa shape index (κ1) is 11.6. The van der Waals surface area contributed by atoms with Crippen molar-refractivity contribution in [3.8, 4) is 0 Å². The highest BCUT2D eigenvalue weighted by Gasteiger charge is 2.32. The number of fused-ring (bicyclic) bond motifs is 1. The van der Waals surface area contributed by atoms with Gasteiger partial charge in [-0.3, -0.25) is 4.98 Å². The van der Waals surface area contributed by atoms with E-state index in [1.807, 2.05) is 12.4 Å². The fourth-order valence-corrected chi connectivity index (χ4v) is 2.30. The van der Waals surface area contributed by atoms with Crippen LogP contribution in [0, 0.1) is 5.41 Å². The zero-order valence-electron chi connectivity index (χ0n) is 10.6. The molecule has 1 saturated heterocycles. The van der Waals surface area contributed by atoms with Crippen LogP contribution in [0.15, 0.2) is 36.7 Å². The van der Waals surface area contributed by atoms with Crippen molar-refractivity contribution in [1.29, 1.82) is 0 Å². The zero-order valence-corrected chi connectivity index (χ0v) is 10.6. The molecular weight excluding hydrogens is 224 g/mol. The van der Waals surface area contributed by atoms with Crippen LogP contribution in [-0.4, -0.2) is 24.7 Å². The van der Waals surface area contributed by atoms with Crippen LogP contribution in [-0.2, 0) is 11.3 Å². The van der Waals surface area contributed by atoms with Gasteiger partial charge < -0.3 is 10.1 Å².